The summed E-state index contributed by atoms with van der Waals surface area (Å²) in [5.74, 6) is -3.52. The number of carbonyl (C=O) groups is 3. The third-order valence-corrected chi connectivity index (χ3v) is 4.16. The largest absolute Gasteiger partial charge is 0.350 e. The predicted molar refractivity (Wildman–Crippen MR) is 105 cm³/mol. The SMILES string of the molecule is C=CCN1C(=O)C(Nc2ccc(F)c(F)c2)=C(c2ccc(NC(C)=O)cc2)C1=O. The van der Waals surface area contributed by atoms with Crippen LogP contribution in [0.1, 0.15) is 12.5 Å². The minimum absolute atomic E-state index is 0.00585. The molecular formula is C21H17F2N3O3. The van der Waals surface area contributed by atoms with Crippen molar-refractivity contribution in [3.8, 4) is 0 Å². The van der Waals surface area contributed by atoms with Crippen LogP contribution in [0.3, 0.4) is 0 Å². The first-order valence-electron chi connectivity index (χ1n) is 8.63. The summed E-state index contributed by atoms with van der Waals surface area (Å²) in [5.41, 5.74) is 1.09. The van der Waals surface area contributed by atoms with Crippen molar-refractivity contribution in [3.63, 3.8) is 0 Å². The van der Waals surface area contributed by atoms with Crippen molar-refractivity contribution in [2.24, 2.45) is 0 Å². The molecule has 3 amide bonds. The highest BCUT2D eigenvalue weighted by Crippen LogP contribution is 2.31. The Labute approximate surface area is 165 Å². The molecule has 2 aromatic carbocycles. The average molecular weight is 397 g/mol. The number of halogens is 2. The van der Waals surface area contributed by atoms with Gasteiger partial charge in [0.25, 0.3) is 11.8 Å². The van der Waals surface area contributed by atoms with E-state index in [1.807, 2.05) is 0 Å². The summed E-state index contributed by atoms with van der Waals surface area (Å²) in [5, 5.41) is 5.34. The van der Waals surface area contributed by atoms with Crippen LogP contribution >= 0.6 is 0 Å². The Kier molecular flexibility index (Phi) is 5.54. The van der Waals surface area contributed by atoms with Gasteiger partial charge in [0.2, 0.25) is 5.91 Å². The topological polar surface area (TPSA) is 78.5 Å². The summed E-state index contributed by atoms with van der Waals surface area (Å²) in [6.45, 7) is 4.91. The zero-order valence-corrected chi connectivity index (χ0v) is 15.5. The molecule has 6 nitrogen and oxygen atoms in total. The van der Waals surface area contributed by atoms with E-state index in [1.54, 1.807) is 24.3 Å². The Balaban J connectivity index is 2.04. The van der Waals surface area contributed by atoms with Gasteiger partial charge in [-0.05, 0) is 29.8 Å². The minimum Gasteiger partial charge on any atom is -0.350 e. The number of hydrogen-bond donors (Lipinski definition) is 2. The van der Waals surface area contributed by atoms with Gasteiger partial charge < -0.3 is 10.6 Å². The number of rotatable bonds is 6. The second kappa shape index (κ2) is 8.05. The first-order valence-corrected chi connectivity index (χ1v) is 8.63. The van der Waals surface area contributed by atoms with Crippen LogP contribution in [-0.4, -0.2) is 29.2 Å². The van der Waals surface area contributed by atoms with Crippen molar-refractivity contribution >= 4 is 34.7 Å². The van der Waals surface area contributed by atoms with Crippen LogP contribution in [0.15, 0.2) is 60.8 Å². The zero-order valence-electron chi connectivity index (χ0n) is 15.5. The normalized spacial score (nSPS) is 13.7. The van der Waals surface area contributed by atoms with Gasteiger partial charge >= 0.3 is 0 Å². The third-order valence-electron chi connectivity index (χ3n) is 4.16. The number of imide groups is 1. The maximum atomic E-state index is 13.6. The van der Waals surface area contributed by atoms with Crippen molar-refractivity contribution in [1.29, 1.82) is 0 Å². The molecule has 1 aliphatic heterocycles. The smallest absolute Gasteiger partial charge is 0.278 e. The minimum atomic E-state index is -1.09. The van der Waals surface area contributed by atoms with Gasteiger partial charge in [-0.1, -0.05) is 18.2 Å². The van der Waals surface area contributed by atoms with Crippen LogP contribution in [0.5, 0.6) is 0 Å². The standard InChI is InChI=1S/C21H17F2N3O3/c1-3-10-26-20(28)18(13-4-6-14(7-5-13)24-12(2)27)19(21(26)29)25-15-8-9-16(22)17(23)11-15/h3-9,11,25H,1,10H2,2H3,(H,24,27). The molecule has 0 aromatic heterocycles. The molecule has 1 heterocycles. The van der Waals surface area contributed by atoms with E-state index in [0.717, 1.165) is 17.0 Å². The van der Waals surface area contributed by atoms with E-state index in [9.17, 15) is 23.2 Å². The second-order valence-corrected chi connectivity index (χ2v) is 6.27. The summed E-state index contributed by atoms with van der Waals surface area (Å²) in [4.78, 5) is 37.8. The quantitative estimate of drug-likeness (QED) is 0.579. The van der Waals surface area contributed by atoms with E-state index in [1.165, 1.54) is 19.1 Å². The zero-order chi connectivity index (χ0) is 21.1. The number of amides is 3. The van der Waals surface area contributed by atoms with Gasteiger partial charge in [0, 0.05) is 30.9 Å². The molecule has 0 radical (unpaired) electrons. The Morgan fingerprint density at radius 3 is 2.28 bits per heavy atom. The lowest BCUT2D eigenvalue weighted by Crippen LogP contribution is -2.32. The molecule has 0 unspecified atom stereocenters. The van der Waals surface area contributed by atoms with Gasteiger partial charge in [0.1, 0.15) is 5.70 Å². The maximum absolute atomic E-state index is 13.6. The molecular weight excluding hydrogens is 380 g/mol. The summed E-state index contributed by atoms with van der Waals surface area (Å²) in [7, 11) is 0. The highest BCUT2D eigenvalue weighted by Gasteiger charge is 2.38. The number of nitrogens with zero attached hydrogens (tertiary/aromatic N) is 1. The monoisotopic (exact) mass is 397 g/mol. The van der Waals surface area contributed by atoms with E-state index < -0.39 is 23.4 Å². The first-order chi connectivity index (χ1) is 13.8. The summed E-state index contributed by atoms with van der Waals surface area (Å²) in [6, 6.07) is 9.42. The highest BCUT2D eigenvalue weighted by molar-refractivity contribution is 6.36. The summed E-state index contributed by atoms with van der Waals surface area (Å²) < 4.78 is 26.8. The fourth-order valence-electron chi connectivity index (χ4n) is 2.90. The van der Waals surface area contributed by atoms with Crippen LogP contribution in [0.4, 0.5) is 20.2 Å². The average Bonchev–Trinajstić information content (AvgIpc) is 2.90. The Morgan fingerprint density at radius 2 is 1.69 bits per heavy atom. The molecule has 148 valence electrons. The number of carbonyl (C=O) groups excluding carboxylic acids is 3. The fraction of sp³-hybridized carbons (Fsp3) is 0.0952. The molecule has 0 fully saturated rings. The molecule has 1 aliphatic rings. The molecule has 3 rings (SSSR count). The highest BCUT2D eigenvalue weighted by atomic mass is 19.2. The molecule has 0 aliphatic carbocycles. The van der Waals surface area contributed by atoms with Gasteiger partial charge in [-0.3, -0.25) is 19.3 Å². The van der Waals surface area contributed by atoms with Crippen molar-refractivity contribution in [1.82, 2.24) is 4.90 Å². The van der Waals surface area contributed by atoms with Gasteiger partial charge in [-0.15, -0.1) is 6.58 Å². The third kappa shape index (κ3) is 4.06. The second-order valence-electron chi connectivity index (χ2n) is 6.27. The van der Waals surface area contributed by atoms with Crippen LogP contribution < -0.4 is 10.6 Å². The molecule has 8 heteroatoms. The number of nitrogens with one attached hydrogen (secondary N) is 2. The first kappa shape index (κ1) is 19.9. The Bertz CT molecular complexity index is 1050. The van der Waals surface area contributed by atoms with Gasteiger partial charge in [-0.2, -0.15) is 0 Å². The van der Waals surface area contributed by atoms with Crippen molar-refractivity contribution < 1.29 is 23.2 Å². The fourth-order valence-corrected chi connectivity index (χ4v) is 2.90. The van der Waals surface area contributed by atoms with Gasteiger partial charge in [0.15, 0.2) is 11.6 Å². The number of hydrogen-bond acceptors (Lipinski definition) is 4. The van der Waals surface area contributed by atoms with E-state index in [-0.39, 0.29) is 29.4 Å². The summed E-state index contributed by atoms with van der Waals surface area (Å²) >= 11 is 0. The lowest BCUT2D eigenvalue weighted by molar-refractivity contribution is -0.136. The van der Waals surface area contributed by atoms with E-state index in [0.29, 0.717) is 11.3 Å². The molecule has 2 aromatic rings. The lowest BCUT2D eigenvalue weighted by Gasteiger charge is -2.12. The molecule has 0 atom stereocenters. The van der Waals surface area contributed by atoms with Crippen LogP contribution in [-0.2, 0) is 14.4 Å². The van der Waals surface area contributed by atoms with Crippen molar-refractivity contribution in [2.45, 2.75) is 6.92 Å². The molecule has 0 saturated carbocycles. The van der Waals surface area contributed by atoms with Crippen LogP contribution in [0, 0.1) is 11.6 Å². The lowest BCUT2D eigenvalue weighted by atomic mass is 10.0. The van der Waals surface area contributed by atoms with E-state index >= 15 is 0 Å². The Hall–Kier alpha value is -3.81. The number of benzene rings is 2. The van der Waals surface area contributed by atoms with Crippen molar-refractivity contribution in [3.05, 3.63) is 78.0 Å². The predicted octanol–water partition coefficient (Wildman–Crippen LogP) is 3.30. The van der Waals surface area contributed by atoms with Crippen molar-refractivity contribution in [2.75, 3.05) is 17.2 Å². The van der Waals surface area contributed by atoms with Gasteiger partial charge in [0.05, 0.1) is 5.57 Å². The number of anilines is 2. The molecule has 0 bridgehead atoms. The maximum Gasteiger partial charge on any atom is 0.278 e. The molecule has 0 saturated heterocycles. The molecule has 0 spiro atoms. The van der Waals surface area contributed by atoms with Crippen LogP contribution in [0.2, 0.25) is 0 Å². The molecule has 29 heavy (non-hydrogen) atoms. The molecule has 2 N–H and O–H groups in total. The van der Waals surface area contributed by atoms with E-state index in [4.69, 9.17) is 0 Å². The Morgan fingerprint density at radius 1 is 1.03 bits per heavy atom. The van der Waals surface area contributed by atoms with Crippen LogP contribution in [0.25, 0.3) is 5.57 Å². The van der Waals surface area contributed by atoms with Gasteiger partial charge in [-0.25, -0.2) is 8.78 Å². The summed E-state index contributed by atoms with van der Waals surface area (Å²) in [6.07, 6.45) is 1.41. The van der Waals surface area contributed by atoms with E-state index in [2.05, 4.69) is 17.2 Å².